The Morgan fingerprint density at radius 2 is 0.764 bits per heavy atom. The van der Waals surface area contributed by atoms with E-state index in [9.17, 15) is 0 Å². The van der Waals surface area contributed by atoms with Crippen LogP contribution in [0.1, 0.15) is 50.7 Å². The Morgan fingerprint density at radius 1 is 0.371 bits per heavy atom. The highest BCUT2D eigenvalue weighted by atomic mass is 16.4. The molecule has 0 fully saturated rings. The highest BCUT2D eigenvalue weighted by Crippen LogP contribution is 2.30. The Labute approximate surface area is 520 Å². The third-order valence-electron chi connectivity index (χ3n) is 17.6. The van der Waals surface area contributed by atoms with E-state index in [4.69, 9.17) is 17.7 Å². The first-order valence-electron chi connectivity index (χ1n) is 30.2. The summed E-state index contributed by atoms with van der Waals surface area (Å²) < 4.78 is 32.2. The lowest BCUT2D eigenvalue weighted by Gasteiger charge is -2.22. The average molecular weight is 1170 g/mol. The summed E-state index contributed by atoms with van der Waals surface area (Å²) in [5.41, 5.74) is 14.9. The van der Waals surface area contributed by atoms with Gasteiger partial charge in [0.25, 0.3) is 23.3 Å². The molecule has 12 aromatic rings. The Hall–Kier alpha value is -10.2. The van der Waals surface area contributed by atoms with Gasteiger partial charge < -0.3 is 17.7 Å². The van der Waals surface area contributed by atoms with Gasteiger partial charge in [0.2, 0.25) is 22.9 Å². The summed E-state index contributed by atoms with van der Waals surface area (Å²) in [6.45, 7) is 20.1. The summed E-state index contributed by atoms with van der Waals surface area (Å²) in [5, 5.41) is 4.35. The van der Waals surface area contributed by atoms with Gasteiger partial charge in [-0.1, -0.05) is 0 Å². The van der Waals surface area contributed by atoms with Gasteiger partial charge in [0.05, 0.1) is 77.8 Å². The standard InChI is InChI=1S/C18H19BN3O.3C17H17BN3O/c1-12-10-16(21(4)11-13(12)2)22-9-7-15-17(19(22)3)14-6-5-8-20-18(14)23-15;1-12-6-9-20(3)15(11-12)21-10-7-14-16(18(21)2)13-5-4-8-19-17(13)22-14;1-12-6-7-15(20(3)11-12)21-10-8-13-14-5-4-9-19-17(14)22-16(13)18(21)2;1-12-6-7-15(20(3)11-12)21-10-8-14-16(18(21)2)13-5-4-9-19-17(13)22-14/h5-11H,1-4H3;3*4-11H,1-3H3/q4*+1. The topological polar surface area (TPSA) is 133 Å². The Bertz CT molecular complexity index is 4850. The van der Waals surface area contributed by atoms with E-state index >= 15 is 0 Å². The van der Waals surface area contributed by atoms with Crippen molar-refractivity contribution in [2.75, 3.05) is 19.2 Å². The van der Waals surface area contributed by atoms with E-state index in [2.05, 4.69) is 270 Å². The Kier molecular flexibility index (Phi) is 15.2. The second-order valence-electron chi connectivity index (χ2n) is 23.7. The molecule has 16 nitrogen and oxygen atoms in total. The molecule has 4 aliphatic heterocycles. The molecule has 0 bridgehead atoms. The van der Waals surface area contributed by atoms with Crippen molar-refractivity contribution in [3.63, 3.8) is 0 Å². The van der Waals surface area contributed by atoms with Crippen molar-refractivity contribution in [1.82, 2.24) is 19.9 Å². The third kappa shape index (κ3) is 10.7. The zero-order valence-corrected chi connectivity index (χ0v) is 52.7. The minimum absolute atomic E-state index is 0.128. The first-order chi connectivity index (χ1) is 43.0. The molecule has 0 unspecified atom stereocenters. The van der Waals surface area contributed by atoms with Gasteiger partial charge in [0.1, 0.15) is 22.9 Å². The van der Waals surface area contributed by atoms with Crippen molar-refractivity contribution < 1.29 is 35.9 Å². The van der Waals surface area contributed by atoms with Crippen LogP contribution in [-0.2, 0) is 28.2 Å². The maximum absolute atomic E-state index is 6.00. The fourth-order valence-corrected chi connectivity index (χ4v) is 12.8. The number of furan rings is 4. The van der Waals surface area contributed by atoms with Crippen LogP contribution in [0.2, 0.25) is 27.3 Å². The zero-order chi connectivity index (χ0) is 61.9. The molecule has 0 saturated carbocycles. The van der Waals surface area contributed by atoms with Gasteiger partial charge in [0, 0.05) is 111 Å². The maximum atomic E-state index is 6.00. The zero-order valence-electron chi connectivity index (χ0n) is 52.7. The number of nitrogens with zero attached hydrogens (tertiary/aromatic N) is 12. The molecule has 16 rings (SSSR count). The van der Waals surface area contributed by atoms with Gasteiger partial charge in [-0.3, -0.25) is 19.2 Å². The molecule has 0 amide bonds. The van der Waals surface area contributed by atoms with Gasteiger partial charge in [-0.2, -0.15) is 0 Å². The van der Waals surface area contributed by atoms with Gasteiger partial charge >= 0.3 is 27.4 Å². The predicted molar refractivity (Wildman–Crippen MR) is 361 cm³/mol. The van der Waals surface area contributed by atoms with Crippen molar-refractivity contribution in [1.29, 1.82) is 0 Å². The van der Waals surface area contributed by atoms with Crippen molar-refractivity contribution in [2.24, 2.45) is 28.2 Å². The molecule has 0 atom stereocenters. The first-order valence-corrected chi connectivity index (χ1v) is 30.2. The summed E-state index contributed by atoms with van der Waals surface area (Å²) in [7, 11) is 8.30. The molecular formula is C69H70B4N12O4+4. The molecule has 12 aromatic heterocycles. The van der Waals surface area contributed by atoms with Crippen LogP contribution in [0, 0.1) is 34.6 Å². The minimum Gasteiger partial charge on any atom is -0.447 e. The van der Waals surface area contributed by atoms with Gasteiger partial charge in [-0.05, 0) is 163 Å². The van der Waals surface area contributed by atoms with Crippen LogP contribution in [0.3, 0.4) is 0 Å². The molecule has 0 aromatic carbocycles. The smallest absolute Gasteiger partial charge is 0.447 e. The van der Waals surface area contributed by atoms with Crippen molar-refractivity contribution in [3.8, 4) is 0 Å². The van der Waals surface area contributed by atoms with Crippen LogP contribution in [0.25, 0.3) is 68.7 Å². The number of pyridine rings is 8. The summed E-state index contributed by atoms with van der Waals surface area (Å²) in [6.07, 6.45) is 32.2. The van der Waals surface area contributed by atoms with Crippen LogP contribution in [-0.4, -0.2) is 47.3 Å². The summed E-state index contributed by atoms with van der Waals surface area (Å²) in [5.74, 6) is 7.34. The lowest BCUT2D eigenvalue weighted by Crippen LogP contribution is -2.50. The lowest BCUT2D eigenvalue weighted by atomic mass is 9.54. The third-order valence-corrected chi connectivity index (χ3v) is 17.6. The van der Waals surface area contributed by atoms with E-state index in [1.165, 1.54) is 50.0 Å². The number of hydrogen-bond acceptors (Lipinski definition) is 12. The fraction of sp³-hybridized carbons (Fsp3) is 0.188. The van der Waals surface area contributed by atoms with Gasteiger partial charge in [-0.25, -0.2) is 38.2 Å². The highest BCUT2D eigenvalue weighted by Gasteiger charge is 2.41. The number of rotatable bonds is 4. The number of hydrogen-bond donors (Lipinski definition) is 0. The molecule has 16 heterocycles. The van der Waals surface area contributed by atoms with Crippen LogP contribution in [0.15, 0.2) is 183 Å². The molecule has 0 aliphatic carbocycles. The van der Waals surface area contributed by atoms with Crippen LogP contribution >= 0.6 is 0 Å². The van der Waals surface area contributed by atoms with Crippen molar-refractivity contribution in [2.45, 2.75) is 61.9 Å². The molecule has 0 N–H and O–H groups in total. The maximum Gasteiger partial charge on any atom is 0.447 e. The number of aromatic nitrogens is 8. The van der Waals surface area contributed by atoms with Gasteiger partial charge in [-0.15, -0.1) is 0 Å². The van der Waals surface area contributed by atoms with Crippen LogP contribution in [0.4, 0.5) is 23.3 Å². The predicted octanol–water partition coefficient (Wildman–Crippen LogP) is 9.43. The fourth-order valence-electron chi connectivity index (χ4n) is 12.8. The van der Waals surface area contributed by atoms with Crippen LogP contribution < -0.4 is 59.6 Å². The average Bonchev–Trinajstić information content (AvgIpc) is 1.73. The normalized spacial score (nSPS) is 13.8. The molecule has 89 heavy (non-hydrogen) atoms. The Morgan fingerprint density at radius 3 is 1.22 bits per heavy atom. The van der Waals surface area contributed by atoms with E-state index < -0.39 is 0 Å². The second-order valence-corrected chi connectivity index (χ2v) is 23.7. The largest absolute Gasteiger partial charge is 0.447 e. The van der Waals surface area contributed by atoms with Crippen molar-refractivity contribution >= 4 is 141 Å². The minimum atomic E-state index is 0.128. The Balaban J connectivity index is 0.000000109. The first kappa shape index (κ1) is 57.8. The summed E-state index contributed by atoms with van der Waals surface area (Å²) in [4.78, 5) is 26.4. The molecule has 20 heteroatoms. The van der Waals surface area contributed by atoms with Crippen LogP contribution in [0.5, 0.6) is 0 Å². The van der Waals surface area contributed by atoms with Crippen molar-refractivity contribution in [3.05, 3.63) is 216 Å². The molecule has 4 aliphatic rings. The molecule has 0 spiro atoms. The number of fused-ring (bicyclic) bond motifs is 12. The molecule has 0 saturated heterocycles. The lowest BCUT2D eigenvalue weighted by molar-refractivity contribution is -0.658. The summed E-state index contributed by atoms with van der Waals surface area (Å²) in [6, 6.07) is 31.2. The molecular weight excluding hydrogens is 1100 g/mol. The molecule has 0 radical (unpaired) electrons. The second kappa shape index (κ2) is 23.5. The van der Waals surface area contributed by atoms with E-state index in [0.29, 0.717) is 22.9 Å². The van der Waals surface area contributed by atoms with E-state index in [1.807, 2.05) is 42.5 Å². The quantitative estimate of drug-likeness (QED) is 0.123. The van der Waals surface area contributed by atoms with E-state index in [1.54, 1.807) is 24.8 Å². The SMILES string of the molecule is CB1c2c(oc3ncccc23)C=CN1c1cc(C)c(C)c[n+]1C.CB1c2c(oc3ncccc23)C=CN1c1cc(C)cc[n+]1C.CB1c2c(oc3ncccc23)C=CN1c1ccc(C)c[n+]1C.CB1c2oc3ncccc3c2C=CN1c1ccc(C)c[n+]1C. The highest BCUT2D eigenvalue weighted by molar-refractivity contribution is 6.80. The summed E-state index contributed by atoms with van der Waals surface area (Å²) >= 11 is 0. The van der Waals surface area contributed by atoms with Gasteiger partial charge in [0.15, 0.2) is 0 Å². The van der Waals surface area contributed by atoms with E-state index in [0.717, 1.165) is 67.5 Å². The monoisotopic (exact) mass is 1170 g/mol. The van der Waals surface area contributed by atoms with E-state index in [-0.39, 0.29) is 27.4 Å². The number of aryl methyl sites for hydroxylation is 9. The molecule has 438 valence electrons. The number of anilines is 4.